The summed E-state index contributed by atoms with van der Waals surface area (Å²) >= 11 is 6.02. The molecule has 0 saturated heterocycles. The fourth-order valence-electron chi connectivity index (χ4n) is 3.11. The van der Waals surface area contributed by atoms with Crippen LogP contribution in [0.4, 0.5) is 11.4 Å². The van der Waals surface area contributed by atoms with Crippen LogP contribution >= 0.6 is 11.6 Å². The van der Waals surface area contributed by atoms with Crippen molar-refractivity contribution in [3.8, 4) is 11.3 Å². The van der Waals surface area contributed by atoms with Crippen molar-refractivity contribution in [2.24, 2.45) is 0 Å². The average molecular weight is 435 g/mol. The van der Waals surface area contributed by atoms with E-state index in [4.69, 9.17) is 16.0 Å². The lowest BCUT2D eigenvalue weighted by molar-refractivity contribution is -0.384. The van der Waals surface area contributed by atoms with Crippen molar-refractivity contribution in [1.82, 2.24) is 0 Å². The Kier molecular flexibility index (Phi) is 5.27. The van der Waals surface area contributed by atoms with E-state index in [1.807, 2.05) is 13.0 Å². The van der Waals surface area contributed by atoms with E-state index in [1.165, 1.54) is 24.3 Å². The number of carbonyl (C=O) groups excluding carboxylic acids is 1. The molecule has 4 rings (SSSR count). The van der Waals surface area contributed by atoms with Gasteiger partial charge in [0.25, 0.3) is 11.6 Å². The van der Waals surface area contributed by atoms with Crippen molar-refractivity contribution in [2.75, 3.05) is 5.32 Å². The topological polar surface area (TPSA) is 102 Å². The van der Waals surface area contributed by atoms with E-state index >= 15 is 0 Å². The van der Waals surface area contributed by atoms with Crippen LogP contribution in [0.2, 0.25) is 5.02 Å². The molecule has 0 fully saturated rings. The summed E-state index contributed by atoms with van der Waals surface area (Å²) in [4.78, 5) is 35.2. The van der Waals surface area contributed by atoms with Gasteiger partial charge in [-0.1, -0.05) is 35.4 Å². The van der Waals surface area contributed by atoms with E-state index in [9.17, 15) is 19.7 Å². The number of nitro benzene ring substituents is 1. The summed E-state index contributed by atoms with van der Waals surface area (Å²) in [6.45, 7) is 1.90. The molecule has 0 radical (unpaired) electrons. The molecule has 7 nitrogen and oxygen atoms in total. The molecule has 4 aromatic rings. The molecule has 0 aliphatic heterocycles. The zero-order valence-corrected chi connectivity index (χ0v) is 17.0. The maximum absolute atomic E-state index is 12.5. The van der Waals surface area contributed by atoms with E-state index in [2.05, 4.69) is 5.32 Å². The number of hydrogen-bond acceptors (Lipinski definition) is 5. The Labute approximate surface area is 181 Å². The van der Waals surface area contributed by atoms with Gasteiger partial charge in [0, 0.05) is 29.3 Å². The first-order valence-corrected chi connectivity index (χ1v) is 9.60. The third kappa shape index (κ3) is 4.17. The highest BCUT2D eigenvalue weighted by molar-refractivity contribution is 6.34. The second-order valence-electron chi connectivity index (χ2n) is 6.93. The minimum atomic E-state index is -0.567. The SMILES string of the molecule is Cc1ccc2oc(-c3ccc(C(=O)Nc4ccc([N+](=O)[O-])cc4Cl)cc3)cc(=O)c2c1. The van der Waals surface area contributed by atoms with Crippen LogP contribution in [0.1, 0.15) is 15.9 Å². The predicted molar refractivity (Wildman–Crippen MR) is 119 cm³/mol. The summed E-state index contributed by atoms with van der Waals surface area (Å²) in [5.41, 5.74) is 2.39. The smallest absolute Gasteiger partial charge is 0.271 e. The van der Waals surface area contributed by atoms with Gasteiger partial charge in [-0.25, -0.2) is 0 Å². The van der Waals surface area contributed by atoms with Gasteiger partial charge < -0.3 is 9.73 Å². The molecule has 1 aromatic heterocycles. The molecule has 0 aliphatic rings. The summed E-state index contributed by atoms with van der Waals surface area (Å²) in [5.74, 6) is -0.0375. The number of carbonyl (C=O) groups is 1. The molecular weight excluding hydrogens is 420 g/mol. The molecule has 154 valence electrons. The van der Waals surface area contributed by atoms with Crippen LogP contribution in [-0.2, 0) is 0 Å². The van der Waals surface area contributed by atoms with Crippen molar-refractivity contribution >= 4 is 39.9 Å². The number of nitrogens with zero attached hydrogens (tertiary/aromatic N) is 1. The molecule has 0 atom stereocenters. The fourth-order valence-corrected chi connectivity index (χ4v) is 3.33. The third-order valence-electron chi connectivity index (χ3n) is 4.73. The first-order valence-electron chi connectivity index (χ1n) is 9.22. The van der Waals surface area contributed by atoms with Gasteiger partial charge in [0.05, 0.1) is 21.0 Å². The molecule has 31 heavy (non-hydrogen) atoms. The quantitative estimate of drug-likeness (QED) is 0.333. The Hall–Kier alpha value is -3.97. The largest absolute Gasteiger partial charge is 0.456 e. The molecule has 1 N–H and O–H groups in total. The van der Waals surface area contributed by atoms with Gasteiger partial charge in [0.1, 0.15) is 11.3 Å². The Morgan fingerprint density at radius 2 is 1.77 bits per heavy atom. The van der Waals surface area contributed by atoms with Crippen molar-refractivity contribution in [2.45, 2.75) is 6.92 Å². The van der Waals surface area contributed by atoms with Crippen molar-refractivity contribution < 1.29 is 14.1 Å². The minimum Gasteiger partial charge on any atom is -0.456 e. The Morgan fingerprint density at radius 3 is 2.45 bits per heavy atom. The van der Waals surface area contributed by atoms with Gasteiger partial charge in [-0.2, -0.15) is 0 Å². The van der Waals surface area contributed by atoms with Crippen LogP contribution in [0.25, 0.3) is 22.3 Å². The summed E-state index contributed by atoms with van der Waals surface area (Å²) < 4.78 is 5.85. The minimum absolute atomic E-state index is 0.0624. The van der Waals surface area contributed by atoms with Gasteiger partial charge >= 0.3 is 0 Å². The van der Waals surface area contributed by atoms with Gasteiger partial charge in [-0.15, -0.1) is 0 Å². The zero-order chi connectivity index (χ0) is 22.1. The lowest BCUT2D eigenvalue weighted by atomic mass is 10.1. The number of amides is 1. The average Bonchev–Trinajstić information content (AvgIpc) is 2.75. The number of nitro groups is 1. The lowest BCUT2D eigenvalue weighted by Gasteiger charge is -2.08. The van der Waals surface area contributed by atoms with Crippen LogP contribution in [0, 0.1) is 17.0 Å². The molecule has 0 saturated carbocycles. The molecule has 0 spiro atoms. The maximum atomic E-state index is 12.5. The normalized spacial score (nSPS) is 10.8. The molecular formula is C23H15ClN2O5. The fraction of sp³-hybridized carbons (Fsp3) is 0.0435. The maximum Gasteiger partial charge on any atom is 0.271 e. The Balaban J connectivity index is 1.58. The number of anilines is 1. The molecule has 8 heteroatoms. The summed E-state index contributed by atoms with van der Waals surface area (Å²) in [5, 5.41) is 14.0. The number of aryl methyl sites for hydroxylation is 1. The summed E-state index contributed by atoms with van der Waals surface area (Å²) in [6.07, 6.45) is 0. The standard InChI is InChI=1S/C23H15ClN2O5/c1-13-2-9-21-17(10-13)20(27)12-22(31-21)14-3-5-15(6-4-14)23(28)25-19-8-7-16(26(29)30)11-18(19)24/h2-12H,1H3,(H,25,28). The van der Waals surface area contributed by atoms with Gasteiger partial charge in [-0.05, 0) is 37.3 Å². The highest BCUT2D eigenvalue weighted by atomic mass is 35.5. The van der Waals surface area contributed by atoms with Gasteiger partial charge in [0.15, 0.2) is 5.43 Å². The van der Waals surface area contributed by atoms with Crippen molar-refractivity contribution in [3.05, 3.63) is 103 Å². The van der Waals surface area contributed by atoms with E-state index in [1.54, 1.807) is 36.4 Å². The molecule has 0 unspecified atom stereocenters. The first kappa shape index (κ1) is 20.3. The predicted octanol–water partition coefficient (Wildman–Crippen LogP) is 5.58. The number of non-ortho nitro benzene ring substituents is 1. The van der Waals surface area contributed by atoms with Crippen LogP contribution < -0.4 is 10.7 Å². The highest BCUT2D eigenvalue weighted by Gasteiger charge is 2.13. The molecule has 1 heterocycles. The van der Waals surface area contributed by atoms with Gasteiger partial charge in [-0.3, -0.25) is 19.7 Å². The number of nitrogens with one attached hydrogen (secondary N) is 1. The van der Waals surface area contributed by atoms with Crippen LogP contribution in [-0.4, -0.2) is 10.8 Å². The second-order valence-corrected chi connectivity index (χ2v) is 7.33. The Bertz CT molecular complexity index is 1390. The number of hydrogen-bond donors (Lipinski definition) is 1. The molecule has 3 aromatic carbocycles. The van der Waals surface area contributed by atoms with E-state index in [0.717, 1.165) is 5.56 Å². The number of benzene rings is 3. The van der Waals surface area contributed by atoms with Crippen molar-refractivity contribution in [1.29, 1.82) is 0 Å². The van der Waals surface area contributed by atoms with E-state index in [0.29, 0.717) is 27.9 Å². The lowest BCUT2D eigenvalue weighted by Crippen LogP contribution is -2.12. The number of rotatable bonds is 4. The Morgan fingerprint density at radius 1 is 1.03 bits per heavy atom. The third-order valence-corrected chi connectivity index (χ3v) is 5.04. The van der Waals surface area contributed by atoms with Crippen LogP contribution in [0.5, 0.6) is 0 Å². The molecule has 0 bridgehead atoms. The van der Waals surface area contributed by atoms with Crippen LogP contribution in [0.3, 0.4) is 0 Å². The summed E-state index contributed by atoms with van der Waals surface area (Å²) in [7, 11) is 0. The van der Waals surface area contributed by atoms with Crippen molar-refractivity contribution in [3.63, 3.8) is 0 Å². The van der Waals surface area contributed by atoms with Gasteiger partial charge in [0.2, 0.25) is 0 Å². The highest BCUT2D eigenvalue weighted by Crippen LogP contribution is 2.28. The monoisotopic (exact) mass is 434 g/mol. The van der Waals surface area contributed by atoms with Crippen LogP contribution in [0.15, 0.2) is 75.9 Å². The molecule has 1 amide bonds. The summed E-state index contributed by atoms with van der Waals surface area (Å²) in [6, 6.07) is 17.1. The molecule has 0 aliphatic carbocycles. The zero-order valence-electron chi connectivity index (χ0n) is 16.2. The first-order chi connectivity index (χ1) is 14.8. The number of halogens is 1. The van der Waals surface area contributed by atoms with E-state index in [-0.39, 0.29) is 21.8 Å². The second kappa shape index (κ2) is 8.04. The van der Waals surface area contributed by atoms with E-state index < -0.39 is 10.8 Å². The number of fused-ring (bicyclic) bond motifs is 1.